The van der Waals surface area contributed by atoms with Crippen molar-refractivity contribution in [2.45, 2.75) is 32.7 Å². The number of carbonyl (C=O) groups excluding carboxylic acids is 1. The van der Waals surface area contributed by atoms with Gasteiger partial charge in [-0.25, -0.2) is 0 Å². The van der Waals surface area contributed by atoms with Crippen LogP contribution in [0.3, 0.4) is 0 Å². The van der Waals surface area contributed by atoms with E-state index < -0.39 is 17.4 Å². The van der Waals surface area contributed by atoms with Crippen LogP contribution >= 0.6 is 11.6 Å². The number of carbonyl (C=O) groups is 2. The first-order valence-electron chi connectivity index (χ1n) is 8.41. The number of carboxylic acids is 1. The van der Waals surface area contributed by atoms with Crippen molar-refractivity contribution in [1.29, 1.82) is 0 Å². The molecule has 1 fully saturated rings. The molecule has 138 valence electrons. The van der Waals surface area contributed by atoms with Crippen LogP contribution in [0.2, 0.25) is 5.02 Å². The summed E-state index contributed by atoms with van der Waals surface area (Å²) in [4.78, 5) is 27.1. The van der Waals surface area contributed by atoms with Crippen LogP contribution in [0.4, 0.5) is 0 Å². The number of hydrogen-bond acceptors (Lipinski definition) is 5. The summed E-state index contributed by atoms with van der Waals surface area (Å²) in [6.45, 7) is 4.13. The standard InChI is InChI=1S/C17H20ClN5O3/c1-3-13(15(24)22-9-8-17(2,10-22)16(25)26)23-20-14(19-21-23)11-4-6-12(18)7-5-11/h4-7,13H,3,8-10H2,1-2H3,(H,25,26). The zero-order valence-corrected chi connectivity index (χ0v) is 15.3. The number of likely N-dealkylation sites (tertiary alicyclic amines) is 1. The van der Waals surface area contributed by atoms with Crippen molar-refractivity contribution in [3.05, 3.63) is 29.3 Å². The molecule has 1 amide bonds. The second-order valence-electron chi connectivity index (χ2n) is 6.74. The van der Waals surface area contributed by atoms with Crippen LogP contribution in [0.5, 0.6) is 0 Å². The van der Waals surface area contributed by atoms with E-state index in [1.54, 1.807) is 36.1 Å². The van der Waals surface area contributed by atoms with Crippen LogP contribution in [-0.2, 0) is 9.59 Å². The molecule has 1 N–H and O–H groups in total. The Kier molecular flexibility index (Phi) is 4.95. The fraction of sp³-hybridized carbons (Fsp3) is 0.471. The van der Waals surface area contributed by atoms with Crippen molar-refractivity contribution in [3.8, 4) is 11.4 Å². The van der Waals surface area contributed by atoms with Gasteiger partial charge in [-0.15, -0.1) is 10.2 Å². The second kappa shape index (κ2) is 7.03. The second-order valence-corrected chi connectivity index (χ2v) is 7.18. The van der Waals surface area contributed by atoms with Crippen molar-refractivity contribution in [2.75, 3.05) is 13.1 Å². The number of tetrazole rings is 1. The summed E-state index contributed by atoms with van der Waals surface area (Å²) in [7, 11) is 0. The van der Waals surface area contributed by atoms with Gasteiger partial charge in [-0.1, -0.05) is 18.5 Å². The number of nitrogens with zero attached hydrogens (tertiary/aromatic N) is 5. The molecule has 9 heteroatoms. The molecule has 1 aliphatic heterocycles. The highest BCUT2D eigenvalue weighted by Crippen LogP contribution is 2.32. The zero-order chi connectivity index (χ0) is 18.9. The Labute approximate surface area is 155 Å². The van der Waals surface area contributed by atoms with E-state index in [4.69, 9.17) is 11.6 Å². The third kappa shape index (κ3) is 3.41. The lowest BCUT2D eigenvalue weighted by molar-refractivity contribution is -0.147. The first kappa shape index (κ1) is 18.3. The Bertz CT molecular complexity index is 822. The fourth-order valence-electron chi connectivity index (χ4n) is 3.04. The molecule has 1 aliphatic rings. The lowest BCUT2D eigenvalue weighted by Gasteiger charge is -2.23. The minimum absolute atomic E-state index is 0.183. The molecule has 0 saturated carbocycles. The molecule has 2 aromatic rings. The molecule has 8 nitrogen and oxygen atoms in total. The smallest absolute Gasteiger partial charge is 0.311 e. The quantitative estimate of drug-likeness (QED) is 0.857. The maximum atomic E-state index is 12.9. The van der Waals surface area contributed by atoms with Gasteiger partial charge in [0.1, 0.15) is 0 Å². The van der Waals surface area contributed by atoms with Gasteiger partial charge >= 0.3 is 5.97 Å². The fourth-order valence-corrected chi connectivity index (χ4v) is 3.17. The maximum Gasteiger partial charge on any atom is 0.311 e. The van der Waals surface area contributed by atoms with Crippen LogP contribution < -0.4 is 0 Å². The molecule has 2 heterocycles. The molecule has 1 aromatic heterocycles. The van der Waals surface area contributed by atoms with Gasteiger partial charge in [0, 0.05) is 23.7 Å². The number of hydrogen-bond donors (Lipinski definition) is 1. The van der Waals surface area contributed by atoms with Gasteiger partial charge in [-0.2, -0.15) is 4.80 Å². The Morgan fingerprint density at radius 3 is 2.62 bits per heavy atom. The number of benzene rings is 1. The highest BCUT2D eigenvalue weighted by Gasteiger charge is 2.43. The summed E-state index contributed by atoms with van der Waals surface area (Å²) in [6, 6.07) is 6.42. The van der Waals surface area contributed by atoms with Crippen molar-refractivity contribution in [2.24, 2.45) is 5.41 Å². The number of halogens is 1. The van der Waals surface area contributed by atoms with Crippen molar-refractivity contribution < 1.29 is 14.7 Å². The number of amides is 1. The first-order chi connectivity index (χ1) is 12.3. The molecule has 2 unspecified atom stereocenters. The van der Waals surface area contributed by atoms with Gasteiger partial charge in [0.15, 0.2) is 6.04 Å². The molecule has 0 radical (unpaired) electrons. The van der Waals surface area contributed by atoms with E-state index >= 15 is 0 Å². The highest BCUT2D eigenvalue weighted by molar-refractivity contribution is 6.30. The zero-order valence-electron chi connectivity index (χ0n) is 14.6. The summed E-state index contributed by atoms with van der Waals surface area (Å²) in [6.07, 6.45) is 0.918. The number of aromatic nitrogens is 4. The normalized spacial score (nSPS) is 21.0. The van der Waals surface area contributed by atoms with E-state index in [2.05, 4.69) is 15.4 Å². The van der Waals surface area contributed by atoms with Crippen molar-refractivity contribution in [1.82, 2.24) is 25.1 Å². The molecular formula is C17H20ClN5O3. The molecule has 0 spiro atoms. The average molecular weight is 378 g/mol. The predicted molar refractivity (Wildman–Crippen MR) is 94.5 cm³/mol. The van der Waals surface area contributed by atoms with Crippen LogP contribution in [0.25, 0.3) is 11.4 Å². The van der Waals surface area contributed by atoms with Crippen molar-refractivity contribution in [3.63, 3.8) is 0 Å². The Morgan fingerprint density at radius 2 is 2.04 bits per heavy atom. The molecule has 1 saturated heterocycles. The maximum absolute atomic E-state index is 12.9. The molecule has 2 atom stereocenters. The Morgan fingerprint density at radius 1 is 1.35 bits per heavy atom. The molecule has 1 aromatic carbocycles. The van der Waals surface area contributed by atoms with Gasteiger partial charge in [0.2, 0.25) is 11.7 Å². The van der Waals surface area contributed by atoms with E-state index in [0.29, 0.717) is 30.2 Å². The van der Waals surface area contributed by atoms with Crippen LogP contribution in [-0.4, -0.2) is 55.2 Å². The molecular weight excluding hydrogens is 358 g/mol. The summed E-state index contributed by atoms with van der Waals surface area (Å²) in [5.74, 6) is -0.660. The summed E-state index contributed by atoms with van der Waals surface area (Å²) in [5, 5.41) is 22.3. The molecule has 0 bridgehead atoms. The van der Waals surface area contributed by atoms with Crippen LogP contribution in [0.15, 0.2) is 24.3 Å². The van der Waals surface area contributed by atoms with Gasteiger partial charge in [0.05, 0.1) is 5.41 Å². The minimum Gasteiger partial charge on any atom is -0.481 e. The predicted octanol–water partition coefficient (Wildman–Crippen LogP) is 2.27. The first-order valence-corrected chi connectivity index (χ1v) is 8.79. The van der Waals surface area contributed by atoms with Crippen LogP contribution in [0, 0.1) is 5.41 Å². The van der Waals surface area contributed by atoms with Crippen LogP contribution in [0.1, 0.15) is 32.7 Å². The van der Waals surface area contributed by atoms with Gasteiger partial charge in [-0.3, -0.25) is 9.59 Å². The number of rotatable bonds is 5. The minimum atomic E-state index is -0.905. The van der Waals surface area contributed by atoms with E-state index in [1.807, 2.05) is 6.92 Å². The lowest BCUT2D eigenvalue weighted by Crippen LogP contribution is -2.39. The summed E-state index contributed by atoms with van der Waals surface area (Å²) >= 11 is 5.88. The van der Waals surface area contributed by atoms with E-state index in [9.17, 15) is 14.7 Å². The van der Waals surface area contributed by atoms with Gasteiger partial charge in [-0.05, 0) is 49.2 Å². The third-order valence-electron chi connectivity index (χ3n) is 4.78. The molecule has 3 rings (SSSR count). The van der Waals surface area contributed by atoms with Crippen molar-refractivity contribution >= 4 is 23.5 Å². The molecule has 26 heavy (non-hydrogen) atoms. The van der Waals surface area contributed by atoms with E-state index in [0.717, 1.165) is 5.56 Å². The topological polar surface area (TPSA) is 101 Å². The monoisotopic (exact) mass is 377 g/mol. The molecule has 0 aliphatic carbocycles. The Balaban J connectivity index is 1.78. The Hall–Kier alpha value is -2.48. The van der Waals surface area contributed by atoms with Gasteiger partial charge < -0.3 is 10.0 Å². The lowest BCUT2D eigenvalue weighted by atomic mass is 9.90. The number of carboxylic acid groups (broad SMARTS) is 1. The number of aliphatic carboxylic acids is 1. The third-order valence-corrected chi connectivity index (χ3v) is 5.03. The van der Waals surface area contributed by atoms with E-state index in [-0.39, 0.29) is 12.5 Å². The van der Waals surface area contributed by atoms with E-state index in [1.165, 1.54) is 4.80 Å². The highest BCUT2D eigenvalue weighted by atomic mass is 35.5. The average Bonchev–Trinajstić information content (AvgIpc) is 3.24. The summed E-state index contributed by atoms with van der Waals surface area (Å²) in [5.41, 5.74) is -0.152. The largest absolute Gasteiger partial charge is 0.481 e. The summed E-state index contributed by atoms with van der Waals surface area (Å²) < 4.78 is 0. The SMILES string of the molecule is CCC(C(=O)N1CCC(C)(C(=O)O)C1)n1nnc(-c2ccc(Cl)cc2)n1. The van der Waals surface area contributed by atoms with Gasteiger partial charge in [0.25, 0.3) is 0 Å².